The number of benzene rings is 1. The number of hydrogen-bond acceptors (Lipinski definition) is 5. The Morgan fingerprint density at radius 1 is 1.24 bits per heavy atom. The molecule has 4 rings (SSSR count). The summed E-state index contributed by atoms with van der Waals surface area (Å²) in [6.07, 6.45) is 6.03. The van der Waals surface area contributed by atoms with Crippen molar-refractivity contribution in [1.29, 1.82) is 0 Å². The average molecular weight is 455 g/mol. The van der Waals surface area contributed by atoms with Gasteiger partial charge >= 0.3 is 0 Å². The lowest BCUT2D eigenvalue weighted by Gasteiger charge is -2.42. The van der Waals surface area contributed by atoms with E-state index in [-0.39, 0.29) is 18.0 Å². The molecule has 0 aliphatic carbocycles. The van der Waals surface area contributed by atoms with Crippen LogP contribution in [-0.2, 0) is 4.79 Å². The Labute approximate surface area is 178 Å². The number of carbonyl (C=O) groups is 1. The first-order valence-corrected chi connectivity index (χ1v) is 10.4. The Balaban J connectivity index is 1.85. The van der Waals surface area contributed by atoms with Gasteiger partial charge < -0.3 is 9.80 Å². The summed E-state index contributed by atoms with van der Waals surface area (Å²) in [6, 6.07) is 7.86. The number of nitrogens with zero attached hydrogens (tertiary/aromatic N) is 6. The number of aromatic nitrogens is 4. The molecule has 7 nitrogen and oxygen atoms in total. The van der Waals surface area contributed by atoms with E-state index in [0.29, 0.717) is 12.4 Å². The maximum absolute atomic E-state index is 12.8. The molecule has 3 aromatic rings. The highest BCUT2D eigenvalue weighted by Crippen LogP contribution is 2.36. The number of halogens is 1. The fourth-order valence-corrected chi connectivity index (χ4v) is 4.19. The first kappa shape index (κ1) is 19.6. The zero-order valence-corrected chi connectivity index (χ0v) is 18.5. The van der Waals surface area contributed by atoms with Crippen LogP contribution in [0, 0.1) is 0 Å². The molecular formula is C21H23BrN6O. The summed E-state index contributed by atoms with van der Waals surface area (Å²) in [5.41, 5.74) is 1.69. The lowest BCUT2D eigenvalue weighted by atomic mass is 10.1. The Kier molecular flexibility index (Phi) is 5.12. The fourth-order valence-electron chi connectivity index (χ4n) is 3.79. The molecule has 0 radical (unpaired) electrons. The first-order chi connectivity index (χ1) is 13.9. The van der Waals surface area contributed by atoms with Crippen LogP contribution < -0.4 is 9.80 Å². The number of fused-ring (bicyclic) bond motifs is 1. The molecule has 0 bridgehead atoms. The topological polar surface area (TPSA) is 67.2 Å². The molecule has 1 aliphatic rings. The Bertz CT molecular complexity index is 1060. The quantitative estimate of drug-likeness (QED) is 0.594. The standard InChI is InChI=1S/C21H23BrN6O/c1-5-16-20(29)26(4)17-12-24-21(25-19(17)28(16)13(2)3)27-10-9-23-18(27)14-7-6-8-15(22)11-14/h6-13,16H,5H2,1-4H3/t16-/m1/s1. The predicted octanol–water partition coefficient (Wildman–Crippen LogP) is 4.06. The highest BCUT2D eigenvalue weighted by atomic mass is 79.9. The maximum Gasteiger partial charge on any atom is 0.249 e. The predicted molar refractivity (Wildman–Crippen MR) is 117 cm³/mol. The fraction of sp³-hybridized carbons (Fsp3) is 0.333. The van der Waals surface area contributed by atoms with Gasteiger partial charge in [-0.2, -0.15) is 4.98 Å². The molecule has 0 spiro atoms. The SMILES string of the molecule is CC[C@@H]1C(=O)N(C)c2cnc(-n3ccnc3-c3cccc(Br)c3)nc2N1C(C)C. The van der Waals surface area contributed by atoms with E-state index in [2.05, 4.69) is 44.6 Å². The molecule has 0 saturated carbocycles. The highest BCUT2D eigenvalue weighted by molar-refractivity contribution is 9.10. The van der Waals surface area contributed by atoms with Crippen molar-refractivity contribution < 1.29 is 4.79 Å². The van der Waals surface area contributed by atoms with Gasteiger partial charge in [-0.25, -0.2) is 9.97 Å². The summed E-state index contributed by atoms with van der Waals surface area (Å²) in [4.78, 5) is 30.5. The molecule has 2 aromatic heterocycles. The van der Waals surface area contributed by atoms with E-state index in [1.165, 1.54) is 0 Å². The van der Waals surface area contributed by atoms with Crippen molar-refractivity contribution in [2.75, 3.05) is 16.8 Å². The summed E-state index contributed by atoms with van der Waals surface area (Å²) >= 11 is 3.52. The maximum atomic E-state index is 12.8. The molecule has 1 aliphatic heterocycles. The van der Waals surface area contributed by atoms with Crippen molar-refractivity contribution in [1.82, 2.24) is 19.5 Å². The van der Waals surface area contributed by atoms with Crippen LogP contribution in [0.1, 0.15) is 27.2 Å². The second-order valence-corrected chi connectivity index (χ2v) is 8.25. The number of hydrogen-bond donors (Lipinski definition) is 0. The summed E-state index contributed by atoms with van der Waals surface area (Å²) in [5, 5.41) is 0. The van der Waals surface area contributed by atoms with Gasteiger partial charge in [0.15, 0.2) is 5.82 Å². The minimum absolute atomic E-state index is 0.0718. The highest BCUT2D eigenvalue weighted by Gasteiger charge is 2.38. The van der Waals surface area contributed by atoms with Crippen LogP contribution >= 0.6 is 15.9 Å². The number of carbonyl (C=O) groups excluding carboxylic acids is 1. The second-order valence-electron chi connectivity index (χ2n) is 7.33. The van der Waals surface area contributed by atoms with E-state index in [1.54, 1.807) is 24.3 Å². The molecule has 8 heteroatoms. The van der Waals surface area contributed by atoms with E-state index in [9.17, 15) is 4.79 Å². The van der Waals surface area contributed by atoms with Gasteiger partial charge in [0.25, 0.3) is 0 Å². The van der Waals surface area contributed by atoms with Gasteiger partial charge in [0.2, 0.25) is 11.9 Å². The number of anilines is 2. The summed E-state index contributed by atoms with van der Waals surface area (Å²) in [5.74, 6) is 2.13. The molecule has 0 fully saturated rings. The Hall–Kier alpha value is -2.74. The number of amides is 1. The minimum atomic E-state index is -0.234. The molecular weight excluding hydrogens is 432 g/mol. The van der Waals surface area contributed by atoms with Gasteiger partial charge in [-0.1, -0.05) is 35.0 Å². The van der Waals surface area contributed by atoms with Gasteiger partial charge in [-0.3, -0.25) is 9.36 Å². The van der Waals surface area contributed by atoms with Gasteiger partial charge in [0.1, 0.15) is 17.6 Å². The molecule has 0 saturated heterocycles. The van der Waals surface area contributed by atoms with Crippen molar-refractivity contribution in [3.05, 3.63) is 47.3 Å². The van der Waals surface area contributed by atoms with Crippen LogP contribution in [0.25, 0.3) is 17.3 Å². The molecule has 29 heavy (non-hydrogen) atoms. The monoisotopic (exact) mass is 454 g/mol. The van der Waals surface area contributed by atoms with Crippen LogP contribution in [-0.4, -0.2) is 44.6 Å². The van der Waals surface area contributed by atoms with Crippen LogP contribution in [0.4, 0.5) is 11.5 Å². The number of likely N-dealkylation sites (N-methyl/N-ethyl adjacent to an activating group) is 1. The summed E-state index contributed by atoms with van der Waals surface area (Å²) < 4.78 is 2.85. The van der Waals surface area contributed by atoms with Gasteiger partial charge in [0, 0.05) is 35.5 Å². The average Bonchev–Trinajstić information content (AvgIpc) is 3.19. The van der Waals surface area contributed by atoms with Gasteiger partial charge in [-0.05, 0) is 32.4 Å². The number of rotatable bonds is 4. The van der Waals surface area contributed by atoms with E-state index in [0.717, 1.165) is 27.4 Å². The second kappa shape index (κ2) is 7.59. The van der Waals surface area contributed by atoms with Gasteiger partial charge in [0.05, 0.1) is 6.20 Å². The summed E-state index contributed by atoms with van der Waals surface area (Å²) in [7, 11) is 1.79. The van der Waals surface area contributed by atoms with Crippen molar-refractivity contribution in [2.45, 2.75) is 39.3 Å². The van der Waals surface area contributed by atoms with Gasteiger partial charge in [-0.15, -0.1) is 0 Å². The van der Waals surface area contributed by atoms with E-state index < -0.39 is 0 Å². The number of imidazole rings is 1. The Morgan fingerprint density at radius 3 is 2.72 bits per heavy atom. The minimum Gasteiger partial charge on any atom is -0.340 e. The molecule has 1 aromatic carbocycles. The zero-order chi connectivity index (χ0) is 20.7. The first-order valence-electron chi connectivity index (χ1n) is 9.65. The molecule has 1 atom stereocenters. The molecule has 0 unspecified atom stereocenters. The zero-order valence-electron chi connectivity index (χ0n) is 16.9. The molecule has 1 amide bonds. The molecule has 0 N–H and O–H groups in total. The smallest absolute Gasteiger partial charge is 0.249 e. The van der Waals surface area contributed by atoms with E-state index in [1.807, 2.05) is 42.0 Å². The lowest BCUT2D eigenvalue weighted by Crippen LogP contribution is -2.55. The van der Waals surface area contributed by atoms with Crippen molar-refractivity contribution >= 4 is 33.3 Å². The third-order valence-electron chi connectivity index (χ3n) is 5.18. The van der Waals surface area contributed by atoms with Crippen molar-refractivity contribution in [3.8, 4) is 17.3 Å². The largest absolute Gasteiger partial charge is 0.340 e. The third-order valence-corrected chi connectivity index (χ3v) is 5.67. The van der Waals surface area contributed by atoms with Crippen LogP contribution in [0.15, 0.2) is 47.3 Å². The molecule has 3 heterocycles. The van der Waals surface area contributed by atoms with Crippen molar-refractivity contribution in [3.63, 3.8) is 0 Å². The van der Waals surface area contributed by atoms with Crippen LogP contribution in [0.2, 0.25) is 0 Å². The van der Waals surface area contributed by atoms with E-state index in [4.69, 9.17) is 4.98 Å². The van der Waals surface area contributed by atoms with Crippen molar-refractivity contribution in [2.24, 2.45) is 0 Å². The summed E-state index contributed by atoms with van der Waals surface area (Å²) in [6.45, 7) is 6.19. The van der Waals surface area contributed by atoms with E-state index >= 15 is 0 Å². The Morgan fingerprint density at radius 2 is 2.03 bits per heavy atom. The van der Waals surface area contributed by atoms with Crippen LogP contribution in [0.5, 0.6) is 0 Å². The lowest BCUT2D eigenvalue weighted by molar-refractivity contribution is -0.120. The molecule has 150 valence electrons. The van der Waals surface area contributed by atoms with Crippen LogP contribution in [0.3, 0.4) is 0 Å². The third kappa shape index (κ3) is 3.31. The normalized spacial score (nSPS) is 16.5.